The molecule has 0 spiro atoms. The van der Waals surface area contributed by atoms with Crippen LogP contribution < -0.4 is 11.1 Å². The Hall–Kier alpha value is -2.69. The second-order valence-electron chi connectivity index (χ2n) is 3.80. The number of rotatable bonds is 2. The quantitative estimate of drug-likeness (QED) is 0.715. The van der Waals surface area contributed by atoms with Crippen molar-refractivity contribution in [2.45, 2.75) is 0 Å². The van der Waals surface area contributed by atoms with E-state index in [1.807, 2.05) is 30.3 Å². The first-order chi connectivity index (χ1) is 8.83. The Morgan fingerprint density at radius 2 is 1.89 bits per heavy atom. The van der Waals surface area contributed by atoms with Crippen LogP contribution in [0.3, 0.4) is 0 Å². The van der Waals surface area contributed by atoms with Gasteiger partial charge in [-0.05, 0) is 30.3 Å². The van der Waals surface area contributed by atoms with Crippen LogP contribution in [0.25, 0.3) is 10.9 Å². The molecule has 0 atom stereocenters. The number of hydrogen-bond acceptors (Lipinski definition) is 5. The number of anilines is 3. The molecule has 3 rings (SSSR count). The maximum absolute atomic E-state index is 5.55. The minimum Gasteiger partial charge on any atom is -0.368 e. The van der Waals surface area contributed by atoms with Gasteiger partial charge in [-0.15, -0.1) is 0 Å². The largest absolute Gasteiger partial charge is 0.368 e. The van der Waals surface area contributed by atoms with E-state index in [0.717, 1.165) is 16.6 Å². The third-order valence-electron chi connectivity index (χ3n) is 2.58. The monoisotopic (exact) mass is 237 g/mol. The Labute approximate surface area is 104 Å². The number of benzene rings is 1. The minimum absolute atomic E-state index is 0.248. The first-order valence-corrected chi connectivity index (χ1v) is 5.52. The minimum atomic E-state index is 0.248. The summed E-state index contributed by atoms with van der Waals surface area (Å²) in [4.78, 5) is 12.3. The van der Waals surface area contributed by atoms with Crippen LogP contribution in [0, 0.1) is 0 Å². The third-order valence-corrected chi connectivity index (χ3v) is 2.58. The molecule has 0 radical (unpaired) electrons. The zero-order valence-electron chi connectivity index (χ0n) is 9.54. The van der Waals surface area contributed by atoms with E-state index in [0.29, 0.717) is 5.82 Å². The van der Waals surface area contributed by atoms with Gasteiger partial charge in [0, 0.05) is 23.5 Å². The van der Waals surface area contributed by atoms with E-state index in [1.165, 1.54) is 0 Å². The number of aromatic nitrogens is 3. The summed E-state index contributed by atoms with van der Waals surface area (Å²) in [5.41, 5.74) is 7.43. The van der Waals surface area contributed by atoms with Crippen molar-refractivity contribution < 1.29 is 0 Å². The first-order valence-electron chi connectivity index (χ1n) is 5.52. The fourth-order valence-corrected chi connectivity index (χ4v) is 1.79. The number of nitrogens with zero attached hydrogens (tertiary/aromatic N) is 3. The summed E-state index contributed by atoms with van der Waals surface area (Å²) in [5.74, 6) is 0.914. The number of hydrogen-bond donors (Lipinski definition) is 2. The Kier molecular flexibility index (Phi) is 2.49. The van der Waals surface area contributed by atoms with Gasteiger partial charge in [0.05, 0.1) is 5.52 Å². The average Bonchev–Trinajstić information content (AvgIpc) is 2.39. The van der Waals surface area contributed by atoms with Crippen LogP contribution in [0.2, 0.25) is 0 Å². The molecule has 0 saturated carbocycles. The molecule has 0 aliphatic rings. The summed E-state index contributed by atoms with van der Waals surface area (Å²) in [6.45, 7) is 0. The lowest BCUT2D eigenvalue weighted by atomic mass is 10.2. The van der Waals surface area contributed by atoms with Gasteiger partial charge in [-0.2, -0.15) is 4.98 Å². The van der Waals surface area contributed by atoms with Gasteiger partial charge in [-0.3, -0.25) is 4.98 Å². The van der Waals surface area contributed by atoms with Gasteiger partial charge in [-0.1, -0.05) is 6.07 Å². The smallest absolute Gasteiger partial charge is 0.221 e. The molecule has 2 aromatic heterocycles. The summed E-state index contributed by atoms with van der Waals surface area (Å²) in [5, 5.41) is 4.26. The summed E-state index contributed by atoms with van der Waals surface area (Å²) >= 11 is 0. The van der Waals surface area contributed by atoms with Crippen molar-refractivity contribution in [3.05, 3.63) is 48.8 Å². The third kappa shape index (κ3) is 1.93. The molecule has 1 aromatic carbocycles. The summed E-state index contributed by atoms with van der Waals surface area (Å²) in [6, 6.07) is 11.6. The Morgan fingerprint density at radius 3 is 2.78 bits per heavy atom. The van der Waals surface area contributed by atoms with Crippen LogP contribution in [0.15, 0.2) is 48.8 Å². The van der Waals surface area contributed by atoms with Crippen LogP contribution in [0.1, 0.15) is 0 Å². The molecule has 3 aromatic rings. The highest BCUT2D eigenvalue weighted by Crippen LogP contribution is 2.24. The van der Waals surface area contributed by atoms with E-state index in [4.69, 9.17) is 5.73 Å². The van der Waals surface area contributed by atoms with Crippen LogP contribution in [0.4, 0.5) is 17.5 Å². The van der Waals surface area contributed by atoms with E-state index < -0.39 is 0 Å². The second-order valence-corrected chi connectivity index (χ2v) is 3.80. The van der Waals surface area contributed by atoms with E-state index >= 15 is 0 Å². The van der Waals surface area contributed by atoms with Crippen molar-refractivity contribution in [3.8, 4) is 0 Å². The van der Waals surface area contributed by atoms with Crippen molar-refractivity contribution in [2.24, 2.45) is 0 Å². The molecule has 18 heavy (non-hydrogen) atoms. The van der Waals surface area contributed by atoms with Gasteiger partial charge in [0.2, 0.25) is 5.95 Å². The fraction of sp³-hybridized carbons (Fsp3) is 0. The molecule has 2 heterocycles. The van der Waals surface area contributed by atoms with Crippen LogP contribution in [0.5, 0.6) is 0 Å². The SMILES string of the molecule is Nc1nccc(Nc2cccc3ncccc23)n1. The van der Waals surface area contributed by atoms with Gasteiger partial charge in [-0.25, -0.2) is 4.98 Å². The molecular formula is C13H11N5. The fourth-order valence-electron chi connectivity index (χ4n) is 1.79. The van der Waals surface area contributed by atoms with Crippen molar-refractivity contribution in [1.29, 1.82) is 0 Å². The van der Waals surface area contributed by atoms with Crippen LogP contribution in [-0.4, -0.2) is 15.0 Å². The van der Waals surface area contributed by atoms with E-state index in [2.05, 4.69) is 20.3 Å². The maximum Gasteiger partial charge on any atom is 0.221 e. The summed E-state index contributed by atoms with van der Waals surface area (Å²) in [7, 11) is 0. The molecule has 0 aliphatic carbocycles. The molecular weight excluding hydrogens is 226 g/mol. The molecule has 0 amide bonds. The molecule has 0 saturated heterocycles. The lowest BCUT2D eigenvalue weighted by Gasteiger charge is -2.08. The average molecular weight is 237 g/mol. The Balaban J connectivity index is 2.05. The summed E-state index contributed by atoms with van der Waals surface area (Å²) < 4.78 is 0. The Morgan fingerprint density at radius 1 is 0.944 bits per heavy atom. The van der Waals surface area contributed by atoms with Crippen molar-refractivity contribution in [2.75, 3.05) is 11.1 Å². The lowest BCUT2D eigenvalue weighted by molar-refractivity contribution is 1.19. The number of nitrogen functional groups attached to an aromatic ring is 1. The predicted octanol–water partition coefficient (Wildman–Crippen LogP) is 2.35. The molecule has 0 aliphatic heterocycles. The van der Waals surface area contributed by atoms with Gasteiger partial charge >= 0.3 is 0 Å². The van der Waals surface area contributed by atoms with Crippen molar-refractivity contribution in [3.63, 3.8) is 0 Å². The topological polar surface area (TPSA) is 76.7 Å². The van der Waals surface area contributed by atoms with Crippen LogP contribution >= 0.6 is 0 Å². The first kappa shape index (κ1) is 10.5. The standard InChI is InChI=1S/C13H11N5/c14-13-16-8-6-12(18-13)17-11-5-1-4-10-9(11)3-2-7-15-10/h1-8H,(H3,14,16,17,18). The van der Waals surface area contributed by atoms with Crippen molar-refractivity contribution in [1.82, 2.24) is 15.0 Å². The van der Waals surface area contributed by atoms with E-state index in [9.17, 15) is 0 Å². The van der Waals surface area contributed by atoms with Gasteiger partial charge < -0.3 is 11.1 Å². The zero-order chi connectivity index (χ0) is 12.4. The number of fused-ring (bicyclic) bond motifs is 1. The highest BCUT2D eigenvalue weighted by atomic mass is 15.1. The van der Waals surface area contributed by atoms with Gasteiger partial charge in [0.25, 0.3) is 0 Å². The number of pyridine rings is 1. The van der Waals surface area contributed by atoms with Gasteiger partial charge in [0.1, 0.15) is 5.82 Å². The highest BCUT2D eigenvalue weighted by Gasteiger charge is 2.02. The van der Waals surface area contributed by atoms with Crippen molar-refractivity contribution >= 4 is 28.4 Å². The normalized spacial score (nSPS) is 10.4. The van der Waals surface area contributed by atoms with Crippen LogP contribution in [-0.2, 0) is 0 Å². The van der Waals surface area contributed by atoms with Gasteiger partial charge in [0.15, 0.2) is 0 Å². The highest BCUT2D eigenvalue weighted by molar-refractivity contribution is 5.92. The number of nitrogens with two attached hydrogens (primary N) is 1. The van der Waals surface area contributed by atoms with E-state index in [1.54, 1.807) is 18.5 Å². The second kappa shape index (κ2) is 4.29. The molecule has 0 fully saturated rings. The zero-order valence-corrected chi connectivity index (χ0v) is 9.54. The van der Waals surface area contributed by atoms with E-state index in [-0.39, 0.29) is 5.95 Å². The maximum atomic E-state index is 5.55. The molecule has 3 N–H and O–H groups in total. The molecule has 0 unspecified atom stereocenters. The lowest BCUT2D eigenvalue weighted by Crippen LogP contribution is -1.99. The number of nitrogens with one attached hydrogen (secondary N) is 1. The molecule has 5 heteroatoms. The molecule has 88 valence electrons. The molecule has 0 bridgehead atoms. The Bertz CT molecular complexity index is 690. The predicted molar refractivity (Wildman–Crippen MR) is 71.5 cm³/mol. The summed E-state index contributed by atoms with van der Waals surface area (Å²) in [6.07, 6.45) is 3.39. The molecule has 5 nitrogen and oxygen atoms in total.